The molecule has 1 fully saturated rings. The molecular weight excluding hydrogens is 382 g/mol. The summed E-state index contributed by atoms with van der Waals surface area (Å²) in [4.78, 5) is 26.8. The van der Waals surface area contributed by atoms with Crippen LogP contribution >= 0.6 is 0 Å². The number of piperidine rings is 1. The first-order valence-corrected chi connectivity index (χ1v) is 10.3. The van der Waals surface area contributed by atoms with E-state index in [1.54, 1.807) is 18.6 Å². The topological polar surface area (TPSA) is 94.2 Å². The molecule has 0 saturated carbocycles. The molecule has 3 heterocycles. The van der Waals surface area contributed by atoms with Gasteiger partial charge < -0.3 is 14.2 Å². The molecule has 0 aliphatic carbocycles. The molecule has 8 heteroatoms. The van der Waals surface area contributed by atoms with Crippen LogP contribution < -0.4 is 0 Å². The standard InChI is InChI=1S/C22H25N5O3/c28-21(8-4-7-17-5-2-1-3-6-17)27-13-9-18(10-14-27)29-16-20-25-22(26-30-20)19-15-23-11-12-24-19/h1-3,5-6,11-12,15,18H,4,7-10,13-14,16H2. The van der Waals surface area contributed by atoms with Crippen LogP contribution in [0.5, 0.6) is 0 Å². The highest BCUT2D eigenvalue weighted by Crippen LogP contribution is 2.18. The average molecular weight is 407 g/mol. The van der Waals surface area contributed by atoms with Crippen LogP contribution in [-0.4, -0.2) is 50.1 Å². The predicted octanol–water partition coefficient (Wildman–Crippen LogP) is 3.06. The summed E-state index contributed by atoms with van der Waals surface area (Å²) < 4.78 is 11.1. The number of aromatic nitrogens is 4. The van der Waals surface area contributed by atoms with Crippen LogP contribution in [0.15, 0.2) is 53.4 Å². The lowest BCUT2D eigenvalue weighted by Crippen LogP contribution is -2.40. The molecule has 0 atom stereocenters. The molecule has 30 heavy (non-hydrogen) atoms. The van der Waals surface area contributed by atoms with Crippen LogP contribution in [-0.2, 0) is 22.6 Å². The smallest absolute Gasteiger partial charge is 0.253 e. The Balaban J connectivity index is 1.16. The van der Waals surface area contributed by atoms with Crippen molar-refractivity contribution < 1.29 is 14.1 Å². The molecule has 1 aromatic carbocycles. The number of ether oxygens (including phenoxy) is 1. The lowest BCUT2D eigenvalue weighted by molar-refractivity contribution is -0.134. The van der Waals surface area contributed by atoms with Crippen molar-refractivity contribution in [3.63, 3.8) is 0 Å². The van der Waals surface area contributed by atoms with Gasteiger partial charge >= 0.3 is 0 Å². The van der Waals surface area contributed by atoms with Gasteiger partial charge in [0.25, 0.3) is 5.89 Å². The highest BCUT2D eigenvalue weighted by Gasteiger charge is 2.23. The van der Waals surface area contributed by atoms with Crippen molar-refractivity contribution in [2.45, 2.75) is 44.8 Å². The van der Waals surface area contributed by atoms with Crippen molar-refractivity contribution in [1.29, 1.82) is 0 Å². The summed E-state index contributed by atoms with van der Waals surface area (Å²) in [5.41, 5.74) is 1.84. The molecule has 1 amide bonds. The van der Waals surface area contributed by atoms with Gasteiger partial charge in [0.2, 0.25) is 11.7 Å². The number of carbonyl (C=O) groups is 1. The highest BCUT2D eigenvalue weighted by molar-refractivity contribution is 5.76. The minimum absolute atomic E-state index is 0.0882. The van der Waals surface area contributed by atoms with Crippen LogP contribution in [0.3, 0.4) is 0 Å². The minimum Gasteiger partial charge on any atom is -0.368 e. The number of likely N-dealkylation sites (tertiary alicyclic amines) is 1. The zero-order valence-corrected chi connectivity index (χ0v) is 16.8. The molecule has 1 saturated heterocycles. The van der Waals surface area contributed by atoms with E-state index >= 15 is 0 Å². The molecule has 156 valence electrons. The Hall–Kier alpha value is -3.13. The number of nitrogens with zero attached hydrogens (tertiary/aromatic N) is 5. The first-order valence-electron chi connectivity index (χ1n) is 10.3. The number of aryl methyl sites for hydroxylation is 1. The third-order valence-corrected chi connectivity index (χ3v) is 5.20. The Morgan fingerprint density at radius 3 is 2.77 bits per heavy atom. The molecule has 0 radical (unpaired) electrons. The van der Waals surface area contributed by atoms with Crippen molar-refractivity contribution in [2.75, 3.05) is 13.1 Å². The fourth-order valence-electron chi connectivity index (χ4n) is 3.54. The van der Waals surface area contributed by atoms with Gasteiger partial charge in [0.15, 0.2) is 0 Å². The van der Waals surface area contributed by atoms with Gasteiger partial charge in [0.1, 0.15) is 12.3 Å². The fraction of sp³-hybridized carbons (Fsp3) is 0.409. The normalized spacial score (nSPS) is 14.7. The van der Waals surface area contributed by atoms with Crippen molar-refractivity contribution in [3.05, 3.63) is 60.4 Å². The Morgan fingerprint density at radius 1 is 1.17 bits per heavy atom. The number of amides is 1. The van der Waals surface area contributed by atoms with Crippen LogP contribution in [0.25, 0.3) is 11.5 Å². The lowest BCUT2D eigenvalue weighted by atomic mass is 10.1. The minimum atomic E-state index is 0.0882. The number of carbonyl (C=O) groups excluding carboxylic acids is 1. The molecule has 1 aliphatic rings. The predicted molar refractivity (Wildman–Crippen MR) is 109 cm³/mol. The van der Waals surface area contributed by atoms with E-state index in [1.807, 2.05) is 23.1 Å². The van der Waals surface area contributed by atoms with Gasteiger partial charge in [-0.1, -0.05) is 35.5 Å². The summed E-state index contributed by atoms with van der Waals surface area (Å²) >= 11 is 0. The summed E-state index contributed by atoms with van der Waals surface area (Å²) in [6, 6.07) is 10.3. The van der Waals surface area contributed by atoms with Gasteiger partial charge in [0, 0.05) is 31.9 Å². The molecule has 0 bridgehead atoms. The molecular formula is C22H25N5O3. The van der Waals surface area contributed by atoms with Gasteiger partial charge in [-0.3, -0.25) is 9.78 Å². The quantitative estimate of drug-likeness (QED) is 0.566. The zero-order valence-electron chi connectivity index (χ0n) is 16.8. The van der Waals surface area contributed by atoms with Gasteiger partial charge in [0.05, 0.1) is 12.3 Å². The van der Waals surface area contributed by atoms with Crippen molar-refractivity contribution in [1.82, 2.24) is 25.0 Å². The van der Waals surface area contributed by atoms with Crippen molar-refractivity contribution >= 4 is 5.91 Å². The summed E-state index contributed by atoms with van der Waals surface area (Å²) in [7, 11) is 0. The van der Waals surface area contributed by atoms with Crippen LogP contribution in [0.2, 0.25) is 0 Å². The van der Waals surface area contributed by atoms with E-state index in [9.17, 15) is 4.79 Å². The average Bonchev–Trinajstić information content (AvgIpc) is 3.28. The lowest BCUT2D eigenvalue weighted by Gasteiger charge is -2.31. The van der Waals surface area contributed by atoms with E-state index in [4.69, 9.17) is 9.26 Å². The maximum atomic E-state index is 12.5. The Morgan fingerprint density at radius 2 is 2.00 bits per heavy atom. The first-order chi connectivity index (χ1) is 14.8. The number of hydrogen-bond acceptors (Lipinski definition) is 7. The SMILES string of the molecule is O=C(CCCc1ccccc1)N1CCC(OCc2nc(-c3cnccn3)no2)CC1. The van der Waals surface area contributed by atoms with Crippen LogP contribution in [0.1, 0.15) is 37.1 Å². The summed E-state index contributed by atoms with van der Waals surface area (Å²) in [5, 5.41) is 3.91. The molecule has 4 rings (SSSR count). The molecule has 0 spiro atoms. The first kappa shape index (κ1) is 20.2. The van der Waals surface area contributed by atoms with E-state index in [-0.39, 0.29) is 18.6 Å². The third kappa shape index (κ3) is 5.48. The second-order valence-electron chi connectivity index (χ2n) is 7.33. The largest absolute Gasteiger partial charge is 0.368 e. The second-order valence-corrected chi connectivity index (χ2v) is 7.33. The summed E-state index contributed by atoms with van der Waals surface area (Å²) in [6.45, 7) is 1.70. The third-order valence-electron chi connectivity index (χ3n) is 5.20. The van der Waals surface area contributed by atoms with E-state index in [0.29, 0.717) is 23.8 Å². The molecule has 2 aromatic heterocycles. The van der Waals surface area contributed by atoms with Crippen molar-refractivity contribution in [2.24, 2.45) is 0 Å². The van der Waals surface area contributed by atoms with E-state index < -0.39 is 0 Å². The van der Waals surface area contributed by atoms with Gasteiger partial charge in [-0.15, -0.1) is 0 Å². The summed E-state index contributed by atoms with van der Waals surface area (Å²) in [5.74, 6) is 1.04. The Bertz CT molecular complexity index is 924. The van der Waals surface area contributed by atoms with Crippen molar-refractivity contribution in [3.8, 4) is 11.5 Å². The number of hydrogen-bond donors (Lipinski definition) is 0. The van der Waals surface area contributed by atoms with Gasteiger partial charge in [-0.05, 0) is 31.2 Å². The van der Waals surface area contributed by atoms with Gasteiger partial charge in [-0.25, -0.2) is 4.98 Å². The molecule has 8 nitrogen and oxygen atoms in total. The number of benzene rings is 1. The molecule has 1 aliphatic heterocycles. The fourth-order valence-corrected chi connectivity index (χ4v) is 3.54. The van der Waals surface area contributed by atoms with E-state index in [1.165, 1.54) is 5.56 Å². The molecule has 0 unspecified atom stereocenters. The van der Waals surface area contributed by atoms with E-state index in [0.717, 1.165) is 38.8 Å². The molecule has 0 N–H and O–H groups in total. The highest BCUT2D eigenvalue weighted by atomic mass is 16.5. The summed E-state index contributed by atoms with van der Waals surface area (Å²) in [6.07, 6.45) is 8.88. The Kier molecular flexibility index (Phi) is 6.76. The Labute approximate surface area is 175 Å². The maximum absolute atomic E-state index is 12.5. The van der Waals surface area contributed by atoms with Crippen LogP contribution in [0.4, 0.5) is 0 Å². The van der Waals surface area contributed by atoms with Gasteiger partial charge in [-0.2, -0.15) is 4.98 Å². The van der Waals surface area contributed by atoms with Crippen LogP contribution in [0, 0.1) is 0 Å². The monoisotopic (exact) mass is 407 g/mol. The maximum Gasteiger partial charge on any atom is 0.253 e. The number of rotatable bonds is 8. The molecule has 3 aromatic rings. The second kappa shape index (κ2) is 10.1. The van der Waals surface area contributed by atoms with E-state index in [2.05, 4.69) is 32.2 Å². The zero-order chi connectivity index (χ0) is 20.6.